The first-order valence-corrected chi connectivity index (χ1v) is 12.5. The molecule has 7 heteroatoms. The second-order valence-electron chi connectivity index (χ2n) is 9.51. The predicted molar refractivity (Wildman–Crippen MR) is 140 cm³/mol. The van der Waals surface area contributed by atoms with E-state index >= 15 is 0 Å². The fourth-order valence-electron chi connectivity index (χ4n) is 4.51. The van der Waals surface area contributed by atoms with Gasteiger partial charge in [-0.1, -0.05) is 49.7 Å². The molecule has 0 fully saturated rings. The molecule has 1 aliphatic rings. The Morgan fingerprint density at radius 1 is 1.08 bits per heavy atom. The Morgan fingerprint density at radius 3 is 2.58 bits per heavy atom. The third-order valence-corrected chi connectivity index (χ3v) is 6.42. The van der Waals surface area contributed by atoms with Crippen LogP contribution in [-0.2, 0) is 16.0 Å². The summed E-state index contributed by atoms with van der Waals surface area (Å²) in [6, 6.07) is 18.5. The summed E-state index contributed by atoms with van der Waals surface area (Å²) in [5.41, 5.74) is 3.24. The number of benzene rings is 3. The molecule has 0 radical (unpaired) electrons. The minimum absolute atomic E-state index is 0.0329. The van der Waals surface area contributed by atoms with Gasteiger partial charge < -0.3 is 15.0 Å². The molecule has 0 saturated heterocycles. The summed E-state index contributed by atoms with van der Waals surface area (Å²) in [4.78, 5) is 27.7. The molecule has 3 aromatic carbocycles. The first-order valence-electron chi connectivity index (χ1n) is 12.1. The molecule has 2 atom stereocenters. The van der Waals surface area contributed by atoms with Crippen molar-refractivity contribution in [3.05, 3.63) is 94.3 Å². The van der Waals surface area contributed by atoms with Crippen LogP contribution in [0.25, 0.3) is 0 Å². The van der Waals surface area contributed by atoms with Crippen LogP contribution < -0.4 is 10.1 Å². The van der Waals surface area contributed by atoms with Gasteiger partial charge in [0, 0.05) is 23.7 Å². The lowest BCUT2D eigenvalue weighted by molar-refractivity contribution is -0.134. The third kappa shape index (κ3) is 6.05. The molecule has 4 rings (SSSR count). The summed E-state index contributed by atoms with van der Waals surface area (Å²) in [5, 5.41) is 3.33. The lowest BCUT2D eigenvalue weighted by Gasteiger charge is -2.38. The number of halogens is 2. The van der Waals surface area contributed by atoms with Crippen molar-refractivity contribution >= 4 is 29.1 Å². The molecule has 0 bridgehead atoms. The van der Waals surface area contributed by atoms with E-state index in [1.807, 2.05) is 43.0 Å². The van der Waals surface area contributed by atoms with Crippen LogP contribution in [-0.4, -0.2) is 29.4 Å². The highest BCUT2D eigenvalue weighted by molar-refractivity contribution is 6.30. The van der Waals surface area contributed by atoms with Crippen LogP contribution >= 0.6 is 11.6 Å². The number of fused-ring (bicyclic) bond motifs is 1. The van der Waals surface area contributed by atoms with Gasteiger partial charge in [0.05, 0.1) is 6.04 Å². The minimum Gasteiger partial charge on any atom is -0.481 e. The van der Waals surface area contributed by atoms with E-state index in [4.69, 9.17) is 16.3 Å². The van der Waals surface area contributed by atoms with Gasteiger partial charge in [0.2, 0.25) is 5.91 Å². The zero-order chi connectivity index (χ0) is 25.8. The Kier molecular flexibility index (Phi) is 7.94. The zero-order valence-electron chi connectivity index (χ0n) is 20.6. The van der Waals surface area contributed by atoms with Crippen LogP contribution in [0, 0.1) is 11.7 Å². The average molecular weight is 509 g/mol. The average Bonchev–Trinajstić information content (AvgIpc) is 2.82. The van der Waals surface area contributed by atoms with E-state index in [1.54, 1.807) is 37.3 Å². The second kappa shape index (κ2) is 11.1. The number of hydrogen-bond donors (Lipinski definition) is 1. The second-order valence-corrected chi connectivity index (χ2v) is 9.95. The number of rotatable bonds is 7. The van der Waals surface area contributed by atoms with Crippen molar-refractivity contribution in [2.75, 3.05) is 11.9 Å². The van der Waals surface area contributed by atoms with Crippen molar-refractivity contribution in [3.63, 3.8) is 0 Å². The molecule has 5 nitrogen and oxygen atoms in total. The van der Waals surface area contributed by atoms with Crippen LogP contribution in [0.3, 0.4) is 0 Å². The maximum atomic E-state index is 14.2. The quantitative estimate of drug-likeness (QED) is 0.401. The van der Waals surface area contributed by atoms with Crippen molar-refractivity contribution < 1.29 is 18.7 Å². The van der Waals surface area contributed by atoms with E-state index in [-0.39, 0.29) is 23.5 Å². The standard InChI is InChI=1S/C29H30ClFN2O3/c1-18(2)14-27(34)33-13-12-20-10-11-25(17-26(20)28(33)21-6-4-8-23(31)15-21)36-19(3)29(35)32-24-9-5-7-22(30)16-24/h4-11,15-19,28H,12-14H2,1-3H3,(H,32,35)/t19-,28+/m0/s1. The Bertz CT molecular complexity index is 1260. The summed E-state index contributed by atoms with van der Waals surface area (Å²) in [7, 11) is 0. The summed E-state index contributed by atoms with van der Waals surface area (Å²) in [5.74, 6) is 0.0770. The van der Waals surface area contributed by atoms with Crippen molar-refractivity contribution in [1.29, 1.82) is 0 Å². The summed E-state index contributed by atoms with van der Waals surface area (Å²) >= 11 is 6.01. The fraction of sp³-hybridized carbons (Fsp3) is 0.310. The lowest BCUT2D eigenvalue weighted by atomic mass is 9.87. The predicted octanol–water partition coefficient (Wildman–Crippen LogP) is 6.41. The molecular formula is C29H30ClFN2O3. The molecule has 0 aromatic heterocycles. The maximum Gasteiger partial charge on any atom is 0.265 e. The van der Waals surface area contributed by atoms with Crippen LogP contribution in [0.2, 0.25) is 5.02 Å². The van der Waals surface area contributed by atoms with E-state index < -0.39 is 12.1 Å². The van der Waals surface area contributed by atoms with Crippen LogP contribution in [0.15, 0.2) is 66.7 Å². The SMILES string of the molecule is CC(C)CC(=O)N1CCc2ccc(O[C@@H](C)C(=O)Nc3cccc(Cl)c3)cc2[C@H]1c1cccc(F)c1. The van der Waals surface area contributed by atoms with Crippen LogP contribution in [0.1, 0.15) is 49.9 Å². The smallest absolute Gasteiger partial charge is 0.265 e. The summed E-state index contributed by atoms with van der Waals surface area (Å²) in [6.07, 6.45) is 0.325. The highest BCUT2D eigenvalue weighted by Crippen LogP contribution is 2.38. The van der Waals surface area contributed by atoms with Gasteiger partial charge in [-0.15, -0.1) is 0 Å². The van der Waals surface area contributed by atoms with E-state index in [2.05, 4.69) is 5.32 Å². The molecular weight excluding hydrogens is 479 g/mol. The number of ether oxygens (including phenoxy) is 1. The number of nitrogens with zero attached hydrogens (tertiary/aromatic N) is 1. The van der Waals surface area contributed by atoms with Gasteiger partial charge in [-0.25, -0.2) is 4.39 Å². The molecule has 3 aromatic rings. The monoisotopic (exact) mass is 508 g/mol. The minimum atomic E-state index is -0.781. The molecule has 1 heterocycles. The molecule has 0 spiro atoms. The molecule has 1 aliphatic heterocycles. The van der Waals surface area contributed by atoms with Gasteiger partial charge in [-0.2, -0.15) is 0 Å². The van der Waals surface area contributed by atoms with E-state index in [0.717, 1.165) is 11.1 Å². The van der Waals surface area contributed by atoms with E-state index in [0.29, 0.717) is 41.4 Å². The Balaban J connectivity index is 1.61. The Labute approximate surface area is 216 Å². The van der Waals surface area contributed by atoms with Crippen molar-refractivity contribution in [2.24, 2.45) is 5.92 Å². The van der Waals surface area contributed by atoms with Crippen LogP contribution in [0.5, 0.6) is 5.75 Å². The molecule has 1 N–H and O–H groups in total. The number of hydrogen-bond acceptors (Lipinski definition) is 3. The Morgan fingerprint density at radius 2 is 1.86 bits per heavy atom. The molecule has 0 unspecified atom stereocenters. The van der Waals surface area contributed by atoms with Crippen molar-refractivity contribution in [2.45, 2.75) is 45.8 Å². The largest absolute Gasteiger partial charge is 0.481 e. The van der Waals surface area contributed by atoms with Gasteiger partial charge in [-0.3, -0.25) is 9.59 Å². The van der Waals surface area contributed by atoms with Crippen LogP contribution in [0.4, 0.5) is 10.1 Å². The number of carbonyl (C=O) groups is 2. The lowest BCUT2D eigenvalue weighted by Crippen LogP contribution is -2.41. The van der Waals surface area contributed by atoms with Gasteiger partial charge in [0.1, 0.15) is 11.6 Å². The number of amides is 2. The van der Waals surface area contributed by atoms with Gasteiger partial charge in [-0.05, 0) is 78.4 Å². The van der Waals surface area contributed by atoms with Crippen molar-refractivity contribution in [1.82, 2.24) is 4.90 Å². The molecule has 0 saturated carbocycles. The van der Waals surface area contributed by atoms with Gasteiger partial charge >= 0.3 is 0 Å². The molecule has 0 aliphatic carbocycles. The summed E-state index contributed by atoms with van der Waals surface area (Å²) in [6.45, 7) is 6.24. The van der Waals surface area contributed by atoms with E-state index in [1.165, 1.54) is 12.1 Å². The first kappa shape index (κ1) is 25.7. The first-order chi connectivity index (χ1) is 17.2. The fourth-order valence-corrected chi connectivity index (χ4v) is 4.70. The van der Waals surface area contributed by atoms with Gasteiger partial charge in [0.25, 0.3) is 5.91 Å². The summed E-state index contributed by atoms with van der Waals surface area (Å²) < 4.78 is 20.2. The van der Waals surface area contributed by atoms with Crippen molar-refractivity contribution in [3.8, 4) is 5.75 Å². The topological polar surface area (TPSA) is 58.6 Å². The maximum absolute atomic E-state index is 14.2. The van der Waals surface area contributed by atoms with Gasteiger partial charge in [0.15, 0.2) is 6.10 Å². The highest BCUT2D eigenvalue weighted by Gasteiger charge is 2.33. The number of nitrogens with one attached hydrogen (secondary N) is 1. The number of anilines is 1. The number of carbonyl (C=O) groups excluding carboxylic acids is 2. The Hall–Kier alpha value is -3.38. The molecule has 2 amide bonds. The third-order valence-electron chi connectivity index (χ3n) is 6.19. The normalized spacial score (nSPS) is 15.8. The zero-order valence-corrected chi connectivity index (χ0v) is 21.4. The van der Waals surface area contributed by atoms with E-state index in [9.17, 15) is 14.0 Å². The highest BCUT2D eigenvalue weighted by atomic mass is 35.5. The molecule has 36 heavy (non-hydrogen) atoms. The molecule has 188 valence electrons.